The van der Waals surface area contributed by atoms with Gasteiger partial charge >= 0.3 is 11.9 Å². The zero-order valence-corrected chi connectivity index (χ0v) is 23.7. The molecule has 9 nitrogen and oxygen atoms in total. The molecule has 1 aliphatic rings. The van der Waals surface area contributed by atoms with Gasteiger partial charge in [-0.3, -0.25) is 14.4 Å². The van der Waals surface area contributed by atoms with Crippen LogP contribution in [0.2, 0.25) is 0 Å². The van der Waals surface area contributed by atoms with Crippen LogP contribution in [0.1, 0.15) is 47.5 Å². The Kier molecular flexibility index (Phi) is 9.75. The minimum absolute atomic E-state index is 0.00720. The summed E-state index contributed by atoms with van der Waals surface area (Å²) in [6, 6.07) is 7.50. The third-order valence-corrected chi connectivity index (χ3v) is 8.95. The highest BCUT2D eigenvalue weighted by atomic mass is 32.2. The normalized spacial score (nSPS) is 13.3. The lowest BCUT2D eigenvalue weighted by Crippen LogP contribution is -2.23. The van der Waals surface area contributed by atoms with Gasteiger partial charge in [-0.1, -0.05) is 23.5 Å². The Bertz CT molecular complexity index is 1420. The van der Waals surface area contributed by atoms with Crippen molar-refractivity contribution in [3.8, 4) is 0 Å². The molecule has 1 N–H and O–H groups in total. The van der Waals surface area contributed by atoms with Crippen LogP contribution in [0, 0.1) is 0 Å². The van der Waals surface area contributed by atoms with Crippen molar-refractivity contribution >= 4 is 73.4 Å². The number of hydrogen-bond donors (Lipinski definition) is 1. The second-order valence-corrected chi connectivity index (χ2v) is 11.5. The van der Waals surface area contributed by atoms with Gasteiger partial charge in [0.2, 0.25) is 5.91 Å². The molecule has 38 heavy (non-hydrogen) atoms. The molecule has 2 aromatic heterocycles. The van der Waals surface area contributed by atoms with E-state index in [2.05, 4.69) is 10.3 Å². The van der Waals surface area contributed by atoms with E-state index in [1.165, 1.54) is 22.7 Å². The van der Waals surface area contributed by atoms with Crippen molar-refractivity contribution in [2.75, 3.05) is 30.0 Å². The highest BCUT2D eigenvalue weighted by molar-refractivity contribution is 8.00. The molecule has 12 heteroatoms. The maximum atomic E-state index is 12.7. The van der Waals surface area contributed by atoms with E-state index in [0.29, 0.717) is 15.4 Å². The van der Waals surface area contributed by atoms with Crippen LogP contribution in [0.5, 0.6) is 0 Å². The van der Waals surface area contributed by atoms with Gasteiger partial charge in [-0.15, -0.1) is 23.1 Å². The molecule has 2 amide bonds. The standard InChI is InChI=1S/C26H29N3O6S3/c1-3-34-22(32)13-29-17-10-6-8-12-19(17)38-26(29)28-21(31)15-36-14-20(30)27-24-23(25(33)35-4-2)16-9-5-7-11-18(16)37-24/h6,8,10,12H,3-5,7,9,11,13-15H2,1-2H3,(H,27,30). The van der Waals surface area contributed by atoms with Gasteiger partial charge in [-0.05, 0) is 57.2 Å². The van der Waals surface area contributed by atoms with Crippen LogP contribution in [0.25, 0.3) is 10.2 Å². The van der Waals surface area contributed by atoms with E-state index < -0.39 is 17.8 Å². The van der Waals surface area contributed by atoms with Crippen molar-refractivity contribution < 1.29 is 28.7 Å². The smallest absolute Gasteiger partial charge is 0.341 e. The number of aromatic nitrogens is 1. The van der Waals surface area contributed by atoms with Gasteiger partial charge in [-0.25, -0.2) is 4.79 Å². The molecule has 0 aliphatic heterocycles. The lowest BCUT2D eigenvalue weighted by Gasteiger charge is -2.12. The number of nitrogens with zero attached hydrogens (tertiary/aromatic N) is 2. The Balaban J connectivity index is 1.41. The van der Waals surface area contributed by atoms with Crippen molar-refractivity contribution in [1.29, 1.82) is 0 Å². The fourth-order valence-corrected chi connectivity index (χ4v) is 7.14. The van der Waals surface area contributed by atoms with Crippen molar-refractivity contribution in [3.63, 3.8) is 0 Å². The number of esters is 2. The number of thioether (sulfide) groups is 1. The summed E-state index contributed by atoms with van der Waals surface area (Å²) in [6.07, 6.45) is 3.75. The van der Waals surface area contributed by atoms with E-state index in [9.17, 15) is 19.2 Å². The minimum Gasteiger partial charge on any atom is -0.465 e. The summed E-state index contributed by atoms with van der Waals surface area (Å²) >= 11 is 3.88. The molecule has 0 saturated heterocycles. The van der Waals surface area contributed by atoms with E-state index in [-0.39, 0.29) is 37.2 Å². The third kappa shape index (κ3) is 6.72. The SMILES string of the molecule is CCOC(=O)Cn1c(=NC(=O)CSCC(=O)Nc2sc3c(c2C(=O)OCC)CCCC3)sc2ccccc21. The zero-order chi connectivity index (χ0) is 27.1. The molecule has 0 spiro atoms. The number of carbonyl (C=O) groups is 4. The lowest BCUT2D eigenvalue weighted by atomic mass is 9.95. The average Bonchev–Trinajstić information content (AvgIpc) is 3.41. The summed E-state index contributed by atoms with van der Waals surface area (Å²) in [5.74, 6) is -1.51. The largest absolute Gasteiger partial charge is 0.465 e. The lowest BCUT2D eigenvalue weighted by molar-refractivity contribution is -0.143. The highest BCUT2D eigenvalue weighted by Gasteiger charge is 2.27. The Morgan fingerprint density at radius 2 is 1.79 bits per heavy atom. The number of amides is 2. The molecule has 202 valence electrons. The molecule has 3 aromatic rings. The van der Waals surface area contributed by atoms with Crippen molar-refractivity contribution in [3.05, 3.63) is 45.1 Å². The number of nitrogens with one attached hydrogen (secondary N) is 1. The monoisotopic (exact) mass is 575 g/mol. The van der Waals surface area contributed by atoms with Gasteiger partial charge in [0.05, 0.1) is 40.5 Å². The number of para-hydroxylation sites is 1. The molecule has 2 heterocycles. The van der Waals surface area contributed by atoms with Crippen LogP contribution in [-0.2, 0) is 43.2 Å². The summed E-state index contributed by atoms with van der Waals surface area (Å²) in [4.78, 5) is 55.8. The third-order valence-electron chi connectivity index (χ3n) is 5.76. The van der Waals surface area contributed by atoms with Crippen LogP contribution < -0.4 is 10.1 Å². The molecule has 0 radical (unpaired) electrons. The molecule has 1 aliphatic carbocycles. The Morgan fingerprint density at radius 3 is 2.58 bits per heavy atom. The molecule has 4 rings (SSSR count). The first kappa shape index (κ1) is 28.1. The number of ether oxygens (including phenoxy) is 2. The topological polar surface area (TPSA) is 116 Å². The van der Waals surface area contributed by atoms with E-state index in [4.69, 9.17) is 9.47 Å². The quantitative estimate of drug-likeness (QED) is 0.361. The number of hydrogen-bond acceptors (Lipinski definition) is 9. The average molecular weight is 576 g/mol. The Labute approximate surface area is 232 Å². The summed E-state index contributed by atoms with van der Waals surface area (Å²) in [5.41, 5.74) is 2.24. The van der Waals surface area contributed by atoms with E-state index in [1.807, 2.05) is 24.3 Å². The predicted molar refractivity (Wildman–Crippen MR) is 150 cm³/mol. The fourth-order valence-electron chi connectivity index (χ4n) is 4.20. The summed E-state index contributed by atoms with van der Waals surface area (Å²) in [5, 5.41) is 3.37. The number of thiophene rings is 1. The molecular weight excluding hydrogens is 547 g/mol. The van der Waals surface area contributed by atoms with Gasteiger partial charge in [-0.2, -0.15) is 4.99 Å². The number of anilines is 1. The molecular formula is C26H29N3O6S3. The summed E-state index contributed by atoms with van der Waals surface area (Å²) in [6.45, 7) is 3.97. The maximum Gasteiger partial charge on any atom is 0.341 e. The summed E-state index contributed by atoms with van der Waals surface area (Å²) in [7, 11) is 0. The Morgan fingerprint density at radius 1 is 1.03 bits per heavy atom. The van der Waals surface area contributed by atoms with Gasteiger partial charge < -0.3 is 19.4 Å². The van der Waals surface area contributed by atoms with Gasteiger partial charge in [0.25, 0.3) is 5.91 Å². The second kappa shape index (κ2) is 13.2. The molecule has 0 unspecified atom stereocenters. The second-order valence-electron chi connectivity index (χ2n) is 8.43. The molecule has 0 fully saturated rings. The number of aryl methyl sites for hydroxylation is 1. The van der Waals surface area contributed by atoms with Crippen LogP contribution in [0.15, 0.2) is 29.3 Å². The first-order valence-electron chi connectivity index (χ1n) is 12.4. The van der Waals surface area contributed by atoms with Crippen LogP contribution in [0.4, 0.5) is 5.00 Å². The number of thiazole rings is 1. The van der Waals surface area contributed by atoms with Crippen LogP contribution in [-0.4, -0.2) is 53.0 Å². The Hall–Kier alpha value is -2.96. The number of carbonyl (C=O) groups excluding carboxylic acids is 4. The number of rotatable bonds is 10. The molecule has 1 aromatic carbocycles. The first-order chi connectivity index (χ1) is 18.4. The van der Waals surface area contributed by atoms with E-state index in [1.54, 1.807) is 18.4 Å². The summed E-state index contributed by atoms with van der Waals surface area (Å²) < 4.78 is 12.9. The molecule has 0 atom stereocenters. The van der Waals surface area contributed by atoms with Crippen LogP contribution >= 0.6 is 34.4 Å². The fraction of sp³-hybridized carbons (Fsp3) is 0.423. The van der Waals surface area contributed by atoms with Crippen LogP contribution in [0.3, 0.4) is 0 Å². The molecule has 0 bridgehead atoms. The van der Waals surface area contributed by atoms with Crippen molar-refractivity contribution in [1.82, 2.24) is 4.57 Å². The first-order valence-corrected chi connectivity index (χ1v) is 15.2. The van der Waals surface area contributed by atoms with Gasteiger partial charge in [0.15, 0.2) is 4.80 Å². The zero-order valence-electron chi connectivity index (χ0n) is 21.2. The minimum atomic E-state index is -0.414. The predicted octanol–water partition coefficient (Wildman–Crippen LogP) is 4.18. The molecule has 0 saturated carbocycles. The highest BCUT2D eigenvalue weighted by Crippen LogP contribution is 2.38. The number of benzene rings is 1. The number of fused-ring (bicyclic) bond motifs is 2. The van der Waals surface area contributed by atoms with Gasteiger partial charge in [0, 0.05) is 4.88 Å². The van der Waals surface area contributed by atoms with Crippen molar-refractivity contribution in [2.24, 2.45) is 4.99 Å². The van der Waals surface area contributed by atoms with Crippen molar-refractivity contribution in [2.45, 2.75) is 46.1 Å². The van der Waals surface area contributed by atoms with Gasteiger partial charge in [0.1, 0.15) is 11.5 Å². The van der Waals surface area contributed by atoms with E-state index in [0.717, 1.165) is 58.1 Å². The van der Waals surface area contributed by atoms with E-state index >= 15 is 0 Å². The maximum absolute atomic E-state index is 12.7.